The summed E-state index contributed by atoms with van der Waals surface area (Å²) in [7, 11) is 0. The molecule has 5 heterocycles. The Labute approximate surface area is 235 Å². The van der Waals surface area contributed by atoms with E-state index in [9.17, 15) is 14.3 Å². The van der Waals surface area contributed by atoms with Crippen molar-refractivity contribution in [1.29, 1.82) is 0 Å². The average molecular weight is 566 g/mol. The highest BCUT2D eigenvalue weighted by Crippen LogP contribution is 2.24. The van der Waals surface area contributed by atoms with Crippen LogP contribution in [0.15, 0.2) is 48.5 Å². The summed E-state index contributed by atoms with van der Waals surface area (Å²) in [6.45, 7) is 3.60. The molecule has 1 aromatic carbocycles. The number of imidazole rings is 1. The van der Waals surface area contributed by atoms with Gasteiger partial charge >= 0.3 is 5.97 Å². The normalized spacial score (nSPS) is 18.1. The molecule has 2 fully saturated rings. The number of fused-ring (bicyclic) bond motifs is 1. The highest BCUT2D eigenvalue weighted by molar-refractivity contribution is 6.30. The number of aromatic nitrogens is 4. The van der Waals surface area contributed by atoms with Crippen LogP contribution >= 0.6 is 11.6 Å². The zero-order valence-corrected chi connectivity index (χ0v) is 22.6. The van der Waals surface area contributed by atoms with Gasteiger partial charge in [0.25, 0.3) is 0 Å². The molecule has 0 spiro atoms. The summed E-state index contributed by atoms with van der Waals surface area (Å²) in [5, 5.41) is 9.78. The van der Waals surface area contributed by atoms with Gasteiger partial charge in [0, 0.05) is 42.9 Å². The quantitative estimate of drug-likeness (QED) is 0.310. The van der Waals surface area contributed by atoms with Crippen LogP contribution in [0.1, 0.15) is 46.8 Å². The van der Waals surface area contributed by atoms with E-state index in [1.807, 2.05) is 22.8 Å². The third kappa shape index (κ3) is 5.94. The number of rotatable bonds is 9. The number of piperidine rings is 1. The number of carbonyl (C=O) groups is 1. The van der Waals surface area contributed by atoms with Crippen molar-refractivity contribution < 1.29 is 23.8 Å². The molecule has 0 bridgehead atoms. The first kappa shape index (κ1) is 26.6. The fourth-order valence-electron chi connectivity index (χ4n) is 5.15. The number of nitrogens with zero attached hydrogens (tertiary/aromatic N) is 5. The number of benzene rings is 1. The van der Waals surface area contributed by atoms with Crippen LogP contribution in [-0.4, -0.2) is 67.4 Å². The Morgan fingerprint density at radius 1 is 1.10 bits per heavy atom. The molecule has 0 unspecified atom stereocenters. The van der Waals surface area contributed by atoms with E-state index in [1.165, 1.54) is 12.1 Å². The first-order chi connectivity index (χ1) is 19.4. The molecule has 1 atom stereocenters. The minimum Gasteiger partial charge on any atom is -0.477 e. The van der Waals surface area contributed by atoms with Crippen LogP contribution in [0, 0.1) is 5.82 Å². The predicted octanol–water partition coefficient (Wildman–Crippen LogP) is 4.74. The Morgan fingerprint density at radius 2 is 1.93 bits per heavy atom. The Balaban J connectivity index is 1.09. The predicted molar refractivity (Wildman–Crippen MR) is 146 cm³/mol. The molecule has 40 heavy (non-hydrogen) atoms. The van der Waals surface area contributed by atoms with Crippen LogP contribution in [0.2, 0.25) is 5.02 Å². The maximum atomic E-state index is 14.2. The van der Waals surface area contributed by atoms with Gasteiger partial charge in [-0.05, 0) is 55.2 Å². The molecule has 3 aromatic heterocycles. The average Bonchev–Trinajstić information content (AvgIpc) is 3.25. The molecule has 0 radical (unpaired) electrons. The molecular weight excluding hydrogens is 537 g/mol. The summed E-state index contributed by atoms with van der Waals surface area (Å²) < 4.78 is 28.1. The monoisotopic (exact) mass is 565 g/mol. The van der Waals surface area contributed by atoms with E-state index >= 15 is 0 Å². The van der Waals surface area contributed by atoms with E-state index in [0.717, 1.165) is 50.5 Å². The first-order valence-electron chi connectivity index (χ1n) is 13.4. The van der Waals surface area contributed by atoms with Gasteiger partial charge in [-0.1, -0.05) is 23.7 Å². The first-order valence-corrected chi connectivity index (χ1v) is 13.8. The molecule has 2 aliphatic heterocycles. The van der Waals surface area contributed by atoms with E-state index < -0.39 is 5.97 Å². The van der Waals surface area contributed by atoms with Gasteiger partial charge < -0.3 is 19.1 Å². The number of halogens is 2. The molecular formula is C29H29ClFN5O4. The van der Waals surface area contributed by atoms with Crippen LogP contribution in [0.4, 0.5) is 4.39 Å². The van der Waals surface area contributed by atoms with Crippen molar-refractivity contribution in [3.8, 4) is 5.88 Å². The van der Waals surface area contributed by atoms with Crippen LogP contribution < -0.4 is 4.74 Å². The fraction of sp³-hybridized carbons (Fsp3) is 0.379. The number of carboxylic acids is 1. The highest BCUT2D eigenvalue weighted by atomic mass is 35.5. The second-order valence-electron chi connectivity index (χ2n) is 10.2. The number of pyridine rings is 2. The van der Waals surface area contributed by atoms with Crippen molar-refractivity contribution in [3.05, 3.63) is 82.1 Å². The molecule has 4 aromatic rings. The van der Waals surface area contributed by atoms with Crippen molar-refractivity contribution in [2.45, 2.75) is 51.0 Å². The standard InChI is InChI=1S/C29H29ClFN5O4/c30-19-5-4-18(23(31)15-19)14-20-2-1-3-27(32-20)40-21-8-11-35(12-9-21)17-26-33-24-6-7-25(29(37)38)34-28(24)36(26)16-22-10-13-39-22/h1-7,15,21-22H,8-14,16-17H2,(H,37,38)/t22-/m0/s1. The van der Waals surface area contributed by atoms with Gasteiger partial charge in [-0.3, -0.25) is 4.90 Å². The van der Waals surface area contributed by atoms with Gasteiger partial charge in [-0.15, -0.1) is 0 Å². The summed E-state index contributed by atoms with van der Waals surface area (Å²) in [6, 6.07) is 13.4. The molecule has 1 N–H and O–H groups in total. The summed E-state index contributed by atoms with van der Waals surface area (Å²) in [5.41, 5.74) is 2.52. The molecule has 2 aliphatic rings. The van der Waals surface area contributed by atoms with E-state index in [-0.39, 0.29) is 23.7 Å². The van der Waals surface area contributed by atoms with Gasteiger partial charge in [0.1, 0.15) is 23.3 Å². The molecule has 9 nitrogen and oxygen atoms in total. The van der Waals surface area contributed by atoms with Gasteiger partial charge in [0.05, 0.1) is 19.2 Å². The van der Waals surface area contributed by atoms with E-state index in [4.69, 9.17) is 26.1 Å². The lowest BCUT2D eigenvalue weighted by molar-refractivity contribution is -0.0593. The number of hydrogen-bond acceptors (Lipinski definition) is 7. The second-order valence-corrected chi connectivity index (χ2v) is 10.7. The van der Waals surface area contributed by atoms with Crippen LogP contribution in [-0.2, 0) is 24.2 Å². The Kier molecular flexibility index (Phi) is 7.64. The summed E-state index contributed by atoms with van der Waals surface area (Å²) in [5.74, 6) is -0.0215. The molecule has 208 valence electrons. The van der Waals surface area contributed by atoms with E-state index in [1.54, 1.807) is 18.2 Å². The van der Waals surface area contributed by atoms with Crippen LogP contribution in [0.25, 0.3) is 11.2 Å². The summed E-state index contributed by atoms with van der Waals surface area (Å²) in [4.78, 5) is 27.6. The van der Waals surface area contributed by atoms with Gasteiger partial charge in [-0.2, -0.15) is 0 Å². The molecule has 11 heteroatoms. The van der Waals surface area contributed by atoms with Crippen molar-refractivity contribution >= 4 is 28.7 Å². The molecule has 6 rings (SSSR count). The lowest BCUT2D eigenvalue weighted by Gasteiger charge is -2.32. The number of aromatic carboxylic acids is 1. The van der Waals surface area contributed by atoms with Gasteiger partial charge in [0.15, 0.2) is 11.3 Å². The van der Waals surface area contributed by atoms with Crippen LogP contribution in [0.3, 0.4) is 0 Å². The zero-order chi connectivity index (χ0) is 27.6. The Bertz CT molecular complexity index is 1530. The van der Waals surface area contributed by atoms with Crippen molar-refractivity contribution in [3.63, 3.8) is 0 Å². The molecule has 2 saturated heterocycles. The third-order valence-electron chi connectivity index (χ3n) is 7.42. The highest BCUT2D eigenvalue weighted by Gasteiger charge is 2.26. The largest absolute Gasteiger partial charge is 0.477 e. The van der Waals surface area contributed by atoms with E-state index in [0.29, 0.717) is 47.1 Å². The van der Waals surface area contributed by atoms with Crippen molar-refractivity contribution in [1.82, 2.24) is 24.4 Å². The lowest BCUT2D eigenvalue weighted by atomic mass is 10.1. The SMILES string of the molecule is O=C(O)c1ccc2nc(CN3CCC(Oc4cccc(Cc5ccc(Cl)cc5F)n4)CC3)n(C[C@@H]3CCO3)c2n1. The topological polar surface area (TPSA) is 103 Å². The smallest absolute Gasteiger partial charge is 0.354 e. The lowest BCUT2D eigenvalue weighted by Crippen LogP contribution is -2.39. The summed E-state index contributed by atoms with van der Waals surface area (Å²) in [6.07, 6.45) is 3.08. The molecule has 0 amide bonds. The third-order valence-corrected chi connectivity index (χ3v) is 7.66. The zero-order valence-electron chi connectivity index (χ0n) is 21.8. The molecule has 0 aliphatic carbocycles. The maximum absolute atomic E-state index is 14.2. The maximum Gasteiger partial charge on any atom is 0.354 e. The number of likely N-dealkylation sites (tertiary alicyclic amines) is 1. The van der Waals surface area contributed by atoms with Crippen LogP contribution in [0.5, 0.6) is 5.88 Å². The Morgan fingerprint density at radius 3 is 2.65 bits per heavy atom. The minimum absolute atomic E-state index is 0.00340. The Hall–Kier alpha value is -3.60. The van der Waals surface area contributed by atoms with E-state index in [2.05, 4.69) is 14.9 Å². The summed E-state index contributed by atoms with van der Waals surface area (Å²) >= 11 is 5.87. The van der Waals surface area contributed by atoms with Crippen molar-refractivity contribution in [2.75, 3.05) is 19.7 Å². The fourth-order valence-corrected chi connectivity index (χ4v) is 5.31. The second kappa shape index (κ2) is 11.5. The van der Waals surface area contributed by atoms with Gasteiger partial charge in [-0.25, -0.2) is 24.1 Å². The van der Waals surface area contributed by atoms with Gasteiger partial charge in [0.2, 0.25) is 5.88 Å². The number of carboxylic acid groups (broad SMARTS) is 1. The number of hydrogen-bond donors (Lipinski definition) is 1. The molecule has 0 saturated carbocycles. The minimum atomic E-state index is -1.06. The number of ether oxygens (including phenoxy) is 2. The van der Waals surface area contributed by atoms with Crippen molar-refractivity contribution in [2.24, 2.45) is 0 Å².